The number of rotatable bonds is 3. The molecule has 2 N–H and O–H groups in total. The monoisotopic (exact) mass is 382 g/mol. The van der Waals surface area contributed by atoms with Gasteiger partial charge in [0.25, 0.3) is 0 Å². The zero-order valence-corrected chi connectivity index (χ0v) is 17.3. The predicted octanol–water partition coefficient (Wildman–Crippen LogP) is 1.60. The molecular weight excluding hydrogens is 352 g/mol. The summed E-state index contributed by atoms with van der Waals surface area (Å²) in [5, 5.41) is 2.82. The van der Waals surface area contributed by atoms with E-state index >= 15 is 0 Å². The summed E-state index contributed by atoms with van der Waals surface area (Å²) in [4.78, 5) is 42.9. The summed E-state index contributed by atoms with van der Waals surface area (Å²) in [6.07, 6.45) is -0.537. The quantitative estimate of drug-likeness (QED) is 0.715. The first kappa shape index (κ1) is 21.2. The fraction of sp³-hybridized carbons (Fsp3) is 0.737. The smallest absolute Gasteiger partial charge is 0.337 e. The standard InChI is InChI=1S/C19H30N2O6/c1-9-11(16(23)25-18(3,4)5)12(17(24)26-19(6,7)8)14-15(27-21-14)13(9)20-10(2)22/h9,11,13,15,21H,1-8H3,(H,20,22)/t9-,11-,13+,15+/m0/s1. The van der Waals surface area contributed by atoms with Gasteiger partial charge in [-0.1, -0.05) is 6.92 Å². The largest absolute Gasteiger partial charge is 0.459 e. The van der Waals surface area contributed by atoms with E-state index in [0.717, 1.165) is 0 Å². The molecule has 4 atom stereocenters. The maximum absolute atomic E-state index is 13.0. The summed E-state index contributed by atoms with van der Waals surface area (Å²) in [5.74, 6) is -2.70. The molecular formula is C19H30N2O6. The van der Waals surface area contributed by atoms with E-state index in [0.29, 0.717) is 5.70 Å². The highest BCUT2D eigenvalue weighted by atomic mass is 16.7. The van der Waals surface area contributed by atoms with Crippen molar-refractivity contribution >= 4 is 17.8 Å². The van der Waals surface area contributed by atoms with Gasteiger partial charge in [0.05, 0.1) is 23.2 Å². The molecule has 1 saturated heterocycles. The third kappa shape index (κ3) is 4.80. The number of hydrogen-bond donors (Lipinski definition) is 2. The van der Waals surface area contributed by atoms with Crippen molar-refractivity contribution < 1.29 is 28.7 Å². The van der Waals surface area contributed by atoms with Gasteiger partial charge >= 0.3 is 11.9 Å². The Hall–Kier alpha value is -2.09. The predicted molar refractivity (Wildman–Crippen MR) is 97.0 cm³/mol. The Morgan fingerprint density at radius 3 is 2.00 bits per heavy atom. The lowest BCUT2D eigenvalue weighted by atomic mass is 9.72. The number of carbonyl (C=O) groups is 3. The molecule has 1 heterocycles. The van der Waals surface area contributed by atoms with Crippen molar-refractivity contribution in [1.29, 1.82) is 0 Å². The summed E-state index contributed by atoms with van der Waals surface area (Å²) in [5.41, 5.74) is 1.87. The number of amides is 1. The Morgan fingerprint density at radius 1 is 1.04 bits per heavy atom. The van der Waals surface area contributed by atoms with E-state index in [9.17, 15) is 14.4 Å². The van der Waals surface area contributed by atoms with E-state index in [4.69, 9.17) is 14.3 Å². The fourth-order valence-electron chi connectivity index (χ4n) is 3.27. The van der Waals surface area contributed by atoms with Crippen molar-refractivity contribution in [2.45, 2.75) is 78.7 Å². The van der Waals surface area contributed by atoms with E-state index in [1.807, 2.05) is 0 Å². The molecule has 0 aromatic rings. The van der Waals surface area contributed by atoms with Crippen LogP contribution in [0.1, 0.15) is 55.4 Å². The Balaban J connectivity index is 2.47. The summed E-state index contributed by atoms with van der Waals surface area (Å²) in [7, 11) is 0. The molecule has 0 bridgehead atoms. The highest BCUT2D eigenvalue weighted by Gasteiger charge is 2.54. The van der Waals surface area contributed by atoms with Crippen LogP contribution in [0, 0.1) is 11.8 Å². The third-order valence-corrected chi connectivity index (χ3v) is 4.25. The van der Waals surface area contributed by atoms with Gasteiger partial charge in [0.2, 0.25) is 5.91 Å². The molecule has 0 spiro atoms. The normalized spacial score (nSPS) is 27.7. The van der Waals surface area contributed by atoms with Crippen molar-refractivity contribution in [3.8, 4) is 0 Å². The number of fused-ring (bicyclic) bond motifs is 1. The number of carbonyl (C=O) groups excluding carboxylic acids is 3. The summed E-state index contributed by atoms with van der Waals surface area (Å²) in [6, 6.07) is -0.470. The van der Waals surface area contributed by atoms with Crippen LogP contribution < -0.4 is 10.8 Å². The molecule has 2 aliphatic rings. The number of hydrogen-bond acceptors (Lipinski definition) is 7. The van der Waals surface area contributed by atoms with Gasteiger partial charge in [-0.05, 0) is 47.5 Å². The highest BCUT2D eigenvalue weighted by Crippen LogP contribution is 2.41. The Labute approximate surface area is 159 Å². The van der Waals surface area contributed by atoms with Crippen LogP contribution in [0.5, 0.6) is 0 Å². The number of ether oxygens (including phenoxy) is 2. The van der Waals surface area contributed by atoms with Gasteiger partial charge in [0, 0.05) is 6.92 Å². The van der Waals surface area contributed by atoms with Gasteiger partial charge in [-0.15, -0.1) is 0 Å². The SMILES string of the molecule is CC(=O)N[C@@H]1[C@@H](C)[C@H](C(=O)OC(C)(C)C)C(C(=O)OC(C)(C)C)=C2NO[C@@H]21. The molecule has 8 nitrogen and oxygen atoms in total. The van der Waals surface area contributed by atoms with Crippen LogP contribution >= 0.6 is 0 Å². The molecule has 8 heteroatoms. The van der Waals surface area contributed by atoms with Gasteiger partial charge < -0.3 is 14.8 Å². The van der Waals surface area contributed by atoms with Crippen molar-refractivity contribution in [3.05, 3.63) is 11.3 Å². The van der Waals surface area contributed by atoms with Crippen LogP contribution in [0.4, 0.5) is 0 Å². The molecule has 152 valence electrons. The minimum atomic E-state index is -0.890. The second-order valence-corrected chi connectivity index (χ2v) is 9.07. The van der Waals surface area contributed by atoms with E-state index in [1.54, 1.807) is 48.5 Å². The number of hydroxylamine groups is 1. The lowest BCUT2D eigenvalue weighted by molar-refractivity contribution is -0.172. The third-order valence-electron chi connectivity index (χ3n) is 4.25. The van der Waals surface area contributed by atoms with Crippen LogP contribution in [0.15, 0.2) is 11.3 Å². The average Bonchev–Trinajstić information content (AvgIpc) is 2.38. The first-order valence-electron chi connectivity index (χ1n) is 9.10. The molecule has 1 aliphatic carbocycles. The topological polar surface area (TPSA) is 103 Å². The first-order valence-corrected chi connectivity index (χ1v) is 9.10. The van der Waals surface area contributed by atoms with Crippen LogP contribution in [-0.4, -0.2) is 41.2 Å². The fourth-order valence-corrected chi connectivity index (χ4v) is 3.27. The number of esters is 2. The zero-order valence-electron chi connectivity index (χ0n) is 17.3. The number of nitrogens with one attached hydrogen (secondary N) is 2. The van der Waals surface area contributed by atoms with E-state index in [2.05, 4.69) is 10.8 Å². The minimum absolute atomic E-state index is 0.199. The second-order valence-electron chi connectivity index (χ2n) is 9.07. The Morgan fingerprint density at radius 2 is 1.59 bits per heavy atom. The second kappa shape index (κ2) is 7.14. The molecule has 1 amide bonds. The summed E-state index contributed by atoms with van der Waals surface area (Å²) >= 11 is 0. The zero-order chi connectivity index (χ0) is 20.7. The highest BCUT2D eigenvalue weighted by molar-refractivity contribution is 5.97. The van der Waals surface area contributed by atoms with E-state index in [-0.39, 0.29) is 11.5 Å². The molecule has 27 heavy (non-hydrogen) atoms. The molecule has 0 unspecified atom stereocenters. The van der Waals surface area contributed by atoms with Crippen LogP contribution in [-0.2, 0) is 28.7 Å². The van der Waals surface area contributed by atoms with Crippen molar-refractivity contribution in [2.24, 2.45) is 11.8 Å². The van der Waals surface area contributed by atoms with Gasteiger partial charge in [-0.25, -0.2) is 4.79 Å². The summed E-state index contributed by atoms with van der Waals surface area (Å²) < 4.78 is 11.1. The molecule has 1 fully saturated rings. The van der Waals surface area contributed by atoms with E-state index in [1.165, 1.54) is 6.92 Å². The van der Waals surface area contributed by atoms with Crippen LogP contribution in [0.2, 0.25) is 0 Å². The average molecular weight is 382 g/mol. The van der Waals surface area contributed by atoms with Crippen molar-refractivity contribution in [1.82, 2.24) is 10.8 Å². The molecule has 2 rings (SSSR count). The Kier molecular flexibility index (Phi) is 5.61. The molecule has 0 radical (unpaired) electrons. The lowest BCUT2D eigenvalue weighted by Gasteiger charge is -2.47. The molecule has 1 aliphatic heterocycles. The van der Waals surface area contributed by atoms with Gasteiger partial charge in [0.15, 0.2) is 0 Å². The summed E-state index contributed by atoms with van der Waals surface area (Å²) in [6.45, 7) is 13.7. The first-order chi connectivity index (χ1) is 12.2. The van der Waals surface area contributed by atoms with E-state index < -0.39 is 47.1 Å². The Bertz CT molecular complexity index is 671. The maximum Gasteiger partial charge on any atom is 0.337 e. The maximum atomic E-state index is 13.0. The molecule has 0 aromatic carbocycles. The van der Waals surface area contributed by atoms with Crippen molar-refractivity contribution in [2.75, 3.05) is 0 Å². The molecule has 0 saturated carbocycles. The van der Waals surface area contributed by atoms with Crippen LogP contribution in [0.25, 0.3) is 0 Å². The van der Waals surface area contributed by atoms with Gasteiger partial charge in [-0.2, -0.15) is 0 Å². The van der Waals surface area contributed by atoms with Crippen molar-refractivity contribution in [3.63, 3.8) is 0 Å². The van der Waals surface area contributed by atoms with Gasteiger partial charge in [0.1, 0.15) is 17.3 Å². The molecule has 0 aromatic heterocycles. The van der Waals surface area contributed by atoms with Crippen LogP contribution in [0.3, 0.4) is 0 Å². The lowest BCUT2D eigenvalue weighted by Crippen LogP contribution is -2.64. The van der Waals surface area contributed by atoms with Gasteiger partial charge in [-0.3, -0.25) is 19.9 Å². The minimum Gasteiger partial charge on any atom is -0.459 e.